The van der Waals surface area contributed by atoms with Crippen LogP contribution in [-0.2, 0) is 14.0 Å². The summed E-state index contributed by atoms with van der Waals surface area (Å²) in [5.74, 6) is -0.250. The standard InChI is InChI=1S/C28H40O3Si/c1-6-30-27(29)23-17-9-7-8-12-18-24(2)31-32(28(3,4)5,25-19-13-10-14-20-25)26-21-15-11-16-22-26/h10-11,13-17,19-24H,6-9,12,18H2,1-5H3/b23-17+/t24-/m1/s1. The third-order valence-electron chi connectivity index (χ3n) is 5.82. The second-order valence-electron chi connectivity index (χ2n) is 9.38. The zero-order valence-electron chi connectivity index (χ0n) is 20.5. The summed E-state index contributed by atoms with van der Waals surface area (Å²) in [5, 5.41) is 2.66. The summed E-state index contributed by atoms with van der Waals surface area (Å²) < 4.78 is 12.0. The Hall–Kier alpha value is -2.17. The molecule has 3 nitrogen and oxygen atoms in total. The van der Waals surface area contributed by atoms with E-state index in [4.69, 9.17) is 9.16 Å². The van der Waals surface area contributed by atoms with Crippen molar-refractivity contribution in [3.8, 4) is 0 Å². The fourth-order valence-corrected chi connectivity index (χ4v) is 9.03. The van der Waals surface area contributed by atoms with Crippen LogP contribution in [-0.4, -0.2) is 27.0 Å². The molecule has 0 aliphatic rings. The highest BCUT2D eigenvalue weighted by atomic mass is 28.4. The molecule has 0 aliphatic carbocycles. The van der Waals surface area contributed by atoms with E-state index in [2.05, 4.69) is 88.4 Å². The van der Waals surface area contributed by atoms with E-state index in [0.29, 0.717) is 6.61 Å². The molecule has 0 N–H and O–H groups in total. The molecule has 0 saturated heterocycles. The number of benzene rings is 2. The number of carbonyl (C=O) groups excluding carboxylic acids is 1. The summed E-state index contributed by atoms with van der Waals surface area (Å²) in [4.78, 5) is 11.3. The Bertz CT molecular complexity index is 785. The predicted molar refractivity (Wildman–Crippen MR) is 137 cm³/mol. The largest absolute Gasteiger partial charge is 0.463 e. The normalized spacial score (nSPS) is 13.3. The molecule has 0 unspecified atom stereocenters. The summed E-state index contributed by atoms with van der Waals surface area (Å²) in [7, 11) is -2.48. The maximum atomic E-state index is 11.3. The first-order valence-electron chi connectivity index (χ1n) is 11.9. The smallest absolute Gasteiger partial charge is 0.330 e. The zero-order chi connectivity index (χ0) is 23.5. The topological polar surface area (TPSA) is 35.5 Å². The van der Waals surface area contributed by atoms with Gasteiger partial charge in [-0.05, 0) is 48.5 Å². The van der Waals surface area contributed by atoms with Crippen molar-refractivity contribution in [2.45, 2.75) is 77.9 Å². The van der Waals surface area contributed by atoms with Crippen molar-refractivity contribution in [3.63, 3.8) is 0 Å². The van der Waals surface area contributed by atoms with Gasteiger partial charge >= 0.3 is 5.97 Å². The van der Waals surface area contributed by atoms with Gasteiger partial charge < -0.3 is 9.16 Å². The van der Waals surface area contributed by atoms with Crippen molar-refractivity contribution in [1.82, 2.24) is 0 Å². The van der Waals surface area contributed by atoms with Crippen LogP contribution in [0.25, 0.3) is 0 Å². The third-order valence-corrected chi connectivity index (χ3v) is 11.0. The van der Waals surface area contributed by atoms with Gasteiger partial charge in [-0.1, -0.05) is 100 Å². The van der Waals surface area contributed by atoms with E-state index in [-0.39, 0.29) is 17.1 Å². The summed E-state index contributed by atoms with van der Waals surface area (Å²) in [6.07, 6.45) is 8.89. The Morgan fingerprint density at radius 3 is 2.00 bits per heavy atom. The van der Waals surface area contributed by atoms with Crippen LogP contribution in [0.15, 0.2) is 72.8 Å². The van der Waals surface area contributed by atoms with Crippen molar-refractivity contribution < 1.29 is 14.0 Å². The van der Waals surface area contributed by atoms with Gasteiger partial charge in [0.05, 0.1) is 6.61 Å². The Kier molecular flexibility index (Phi) is 10.4. The SMILES string of the molecule is CCOC(=O)/C=C/CCCCC[C@@H](C)O[Si](c1ccccc1)(c1ccccc1)C(C)(C)C. The van der Waals surface area contributed by atoms with Crippen LogP contribution >= 0.6 is 0 Å². The molecule has 4 heteroatoms. The molecule has 32 heavy (non-hydrogen) atoms. The van der Waals surface area contributed by atoms with Crippen molar-refractivity contribution in [3.05, 3.63) is 72.8 Å². The fourth-order valence-electron chi connectivity index (χ4n) is 4.29. The van der Waals surface area contributed by atoms with Crippen LogP contribution in [0, 0.1) is 0 Å². The first-order valence-corrected chi connectivity index (χ1v) is 13.8. The molecular weight excluding hydrogens is 412 g/mol. The van der Waals surface area contributed by atoms with Crippen molar-refractivity contribution in [1.29, 1.82) is 0 Å². The lowest BCUT2D eigenvalue weighted by molar-refractivity contribution is -0.137. The van der Waals surface area contributed by atoms with Gasteiger partial charge in [0.1, 0.15) is 0 Å². The zero-order valence-corrected chi connectivity index (χ0v) is 21.5. The second-order valence-corrected chi connectivity index (χ2v) is 13.6. The van der Waals surface area contributed by atoms with Gasteiger partial charge in [0.25, 0.3) is 8.32 Å². The van der Waals surface area contributed by atoms with E-state index >= 15 is 0 Å². The summed E-state index contributed by atoms with van der Waals surface area (Å²) in [5.41, 5.74) is 0. The fraction of sp³-hybridized carbons (Fsp3) is 0.464. The van der Waals surface area contributed by atoms with E-state index < -0.39 is 8.32 Å². The van der Waals surface area contributed by atoms with Gasteiger partial charge in [-0.15, -0.1) is 0 Å². The lowest BCUT2D eigenvalue weighted by Crippen LogP contribution is -2.67. The van der Waals surface area contributed by atoms with Crippen molar-refractivity contribution >= 4 is 24.7 Å². The molecule has 2 rings (SSSR count). The number of ether oxygens (including phenoxy) is 1. The monoisotopic (exact) mass is 452 g/mol. The maximum absolute atomic E-state index is 11.3. The molecule has 2 aromatic rings. The minimum absolute atomic E-state index is 0.00184. The molecule has 2 aromatic carbocycles. The van der Waals surface area contributed by atoms with E-state index in [1.54, 1.807) is 0 Å². The number of hydrogen-bond acceptors (Lipinski definition) is 3. The number of esters is 1. The summed E-state index contributed by atoms with van der Waals surface area (Å²) in [6.45, 7) is 11.4. The maximum Gasteiger partial charge on any atom is 0.330 e. The first-order chi connectivity index (χ1) is 15.3. The molecule has 0 aliphatic heterocycles. The molecule has 0 bridgehead atoms. The number of allylic oxidation sites excluding steroid dienone is 1. The summed E-state index contributed by atoms with van der Waals surface area (Å²) in [6, 6.07) is 21.6. The molecule has 0 heterocycles. The molecule has 0 saturated carbocycles. The molecule has 174 valence electrons. The number of carbonyl (C=O) groups is 1. The minimum atomic E-state index is -2.48. The highest BCUT2D eigenvalue weighted by Gasteiger charge is 2.50. The van der Waals surface area contributed by atoms with Crippen molar-refractivity contribution in [2.24, 2.45) is 0 Å². The second kappa shape index (κ2) is 12.8. The quantitative estimate of drug-likeness (QED) is 0.171. The van der Waals surface area contributed by atoms with Gasteiger partial charge in [0.2, 0.25) is 0 Å². The molecule has 0 aromatic heterocycles. The van der Waals surface area contributed by atoms with Crippen LogP contribution in [0.4, 0.5) is 0 Å². The van der Waals surface area contributed by atoms with E-state index in [1.807, 2.05) is 13.0 Å². The van der Waals surface area contributed by atoms with Crippen LogP contribution in [0.1, 0.15) is 66.7 Å². The van der Waals surface area contributed by atoms with Crippen LogP contribution in [0.3, 0.4) is 0 Å². The van der Waals surface area contributed by atoms with Gasteiger partial charge in [-0.3, -0.25) is 0 Å². The first kappa shape index (κ1) is 26.1. The lowest BCUT2D eigenvalue weighted by atomic mass is 10.1. The average molecular weight is 453 g/mol. The molecule has 0 fully saturated rings. The van der Waals surface area contributed by atoms with Crippen LogP contribution < -0.4 is 10.4 Å². The predicted octanol–water partition coefficient (Wildman–Crippen LogP) is 6.02. The third kappa shape index (κ3) is 7.18. The molecule has 0 radical (unpaired) electrons. The minimum Gasteiger partial charge on any atom is -0.463 e. The van der Waals surface area contributed by atoms with Crippen LogP contribution in [0.5, 0.6) is 0 Å². The molecule has 0 spiro atoms. The Balaban J connectivity index is 2.05. The number of rotatable bonds is 12. The van der Waals surface area contributed by atoms with E-state index in [9.17, 15) is 4.79 Å². The van der Waals surface area contributed by atoms with Crippen molar-refractivity contribution in [2.75, 3.05) is 6.61 Å². The number of unbranched alkanes of at least 4 members (excludes halogenated alkanes) is 3. The summed E-state index contributed by atoms with van der Waals surface area (Å²) >= 11 is 0. The molecule has 1 atom stereocenters. The van der Waals surface area contributed by atoms with Crippen LogP contribution in [0.2, 0.25) is 5.04 Å². The highest BCUT2D eigenvalue weighted by molar-refractivity contribution is 6.99. The Morgan fingerprint density at radius 1 is 0.938 bits per heavy atom. The van der Waals surface area contributed by atoms with E-state index in [0.717, 1.165) is 32.1 Å². The van der Waals surface area contributed by atoms with Gasteiger partial charge in [0.15, 0.2) is 0 Å². The lowest BCUT2D eigenvalue weighted by Gasteiger charge is -2.44. The Labute approximate surface area is 196 Å². The van der Waals surface area contributed by atoms with E-state index in [1.165, 1.54) is 16.4 Å². The number of hydrogen-bond donors (Lipinski definition) is 0. The molecule has 0 amide bonds. The van der Waals surface area contributed by atoms with Gasteiger partial charge in [-0.2, -0.15) is 0 Å². The Morgan fingerprint density at radius 2 is 1.50 bits per heavy atom. The van der Waals surface area contributed by atoms with Gasteiger partial charge in [0, 0.05) is 12.2 Å². The van der Waals surface area contributed by atoms with Gasteiger partial charge in [-0.25, -0.2) is 4.79 Å². The highest BCUT2D eigenvalue weighted by Crippen LogP contribution is 2.37. The average Bonchev–Trinajstić information content (AvgIpc) is 2.77. The molecular formula is C28H40O3Si.